The summed E-state index contributed by atoms with van der Waals surface area (Å²) in [6.45, 7) is 4.12. The molecular weight excluding hydrogens is 337 g/mol. The largest absolute Gasteiger partial charge is 0.295 e. The van der Waals surface area contributed by atoms with Crippen LogP contribution in [0.25, 0.3) is 0 Å². The van der Waals surface area contributed by atoms with E-state index in [1.165, 1.54) is 11.1 Å². The van der Waals surface area contributed by atoms with E-state index in [4.69, 9.17) is 23.2 Å². The third-order valence-corrected chi connectivity index (χ3v) is 5.62. The summed E-state index contributed by atoms with van der Waals surface area (Å²) in [4.78, 5) is 14.2. The van der Waals surface area contributed by atoms with Crippen LogP contribution in [0.3, 0.4) is 0 Å². The number of hydrogen-bond donors (Lipinski definition) is 0. The number of amides is 1. The minimum atomic E-state index is -0.112. The van der Waals surface area contributed by atoms with Crippen molar-refractivity contribution in [3.8, 4) is 0 Å². The molecule has 0 bridgehead atoms. The molecule has 0 aromatic heterocycles. The average molecular weight is 352 g/mol. The molecule has 1 aliphatic heterocycles. The fourth-order valence-corrected chi connectivity index (χ4v) is 4.30. The molecule has 1 heterocycles. The highest BCUT2D eigenvalue weighted by Crippen LogP contribution is 2.44. The monoisotopic (exact) mass is 351 g/mol. The van der Waals surface area contributed by atoms with Gasteiger partial charge in [0, 0.05) is 21.3 Å². The maximum Gasteiger partial charge on any atom is 0.238 e. The van der Waals surface area contributed by atoms with Crippen molar-refractivity contribution in [3.05, 3.63) is 63.1 Å². The molecule has 0 spiro atoms. The number of halogens is 2. The molecule has 1 amide bonds. The van der Waals surface area contributed by atoms with Crippen LogP contribution >= 0.6 is 35.0 Å². The lowest BCUT2D eigenvalue weighted by Gasteiger charge is -2.25. The molecule has 0 saturated carbocycles. The Kier molecular flexibility index (Phi) is 4.40. The number of rotatable bonds is 2. The molecule has 0 unspecified atom stereocenters. The molecule has 0 radical (unpaired) electrons. The van der Waals surface area contributed by atoms with Crippen LogP contribution in [0.2, 0.25) is 10.0 Å². The van der Waals surface area contributed by atoms with Gasteiger partial charge in [0.1, 0.15) is 5.37 Å². The van der Waals surface area contributed by atoms with Gasteiger partial charge < -0.3 is 0 Å². The van der Waals surface area contributed by atoms with Gasteiger partial charge in [-0.3, -0.25) is 9.69 Å². The van der Waals surface area contributed by atoms with Crippen LogP contribution in [-0.4, -0.2) is 11.7 Å². The van der Waals surface area contributed by atoms with Gasteiger partial charge in [-0.05, 0) is 49.2 Å². The number of aryl methyl sites for hydroxylation is 2. The molecule has 1 fully saturated rings. The van der Waals surface area contributed by atoms with E-state index in [0.29, 0.717) is 15.8 Å². The van der Waals surface area contributed by atoms with E-state index in [2.05, 4.69) is 19.9 Å². The molecule has 114 valence electrons. The van der Waals surface area contributed by atoms with Crippen LogP contribution in [0.15, 0.2) is 36.4 Å². The van der Waals surface area contributed by atoms with Gasteiger partial charge >= 0.3 is 0 Å². The quantitative estimate of drug-likeness (QED) is 0.722. The third-order valence-electron chi connectivity index (χ3n) is 3.87. The molecule has 1 atom stereocenters. The first-order valence-corrected chi connectivity index (χ1v) is 8.73. The smallest absolute Gasteiger partial charge is 0.238 e. The Morgan fingerprint density at radius 3 is 2.55 bits per heavy atom. The maximum atomic E-state index is 12.4. The summed E-state index contributed by atoms with van der Waals surface area (Å²) in [7, 11) is 0. The van der Waals surface area contributed by atoms with Crippen LogP contribution in [-0.2, 0) is 4.79 Å². The minimum absolute atomic E-state index is 0.101. The van der Waals surface area contributed by atoms with Crippen molar-refractivity contribution in [2.24, 2.45) is 0 Å². The highest BCUT2D eigenvalue weighted by molar-refractivity contribution is 8.00. The number of nitrogens with zero attached hydrogens (tertiary/aromatic N) is 1. The third kappa shape index (κ3) is 2.85. The summed E-state index contributed by atoms with van der Waals surface area (Å²) < 4.78 is 0. The Morgan fingerprint density at radius 1 is 1.09 bits per heavy atom. The second kappa shape index (κ2) is 6.15. The van der Waals surface area contributed by atoms with Gasteiger partial charge in [-0.25, -0.2) is 0 Å². The number of carbonyl (C=O) groups is 1. The van der Waals surface area contributed by atoms with Gasteiger partial charge in [-0.15, -0.1) is 11.8 Å². The van der Waals surface area contributed by atoms with Crippen LogP contribution in [0.1, 0.15) is 22.1 Å². The van der Waals surface area contributed by atoms with Crippen LogP contribution < -0.4 is 4.90 Å². The van der Waals surface area contributed by atoms with Gasteiger partial charge in [0.2, 0.25) is 5.91 Å². The molecule has 1 aliphatic rings. The summed E-state index contributed by atoms with van der Waals surface area (Å²) in [5.74, 6) is 0.556. The standard InChI is InChI=1S/C17H15Cl2NOS/c1-10-3-5-13(7-11(10)2)20-16(21)9-22-17(20)14-6-4-12(18)8-15(14)19/h3-8,17H,9H2,1-2H3/t17-/m0/s1. The Labute approximate surface area is 144 Å². The van der Waals surface area contributed by atoms with Crippen molar-refractivity contribution in [1.82, 2.24) is 0 Å². The maximum absolute atomic E-state index is 12.4. The van der Waals surface area contributed by atoms with Crippen molar-refractivity contribution in [3.63, 3.8) is 0 Å². The summed E-state index contributed by atoms with van der Waals surface area (Å²) >= 11 is 13.9. The number of anilines is 1. The van der Waals surface area contributed by atoms with Crippen molar-refractivity contribution in [2.75, 3.05) is 10.7 Å². The van der Waals surface area contributed by atoms with Crippen molar-refractivity contribution < 1.29 is 4.79 Å². The number of thioether (sulfide) groups is 1. The van der Waals surface area contributed by atoms with Gasteiger partial charge in [0.25, 0.3) is 0 Å². The van der Waals surface area contributed by atoms with E-state index in [-0.39, 0.29) is 11.3 Å². The molecule has 3 rings (SSSR count). The van der Waals surface area contributed by atoms with Crippen LogP contribution in [0.5, 0.6) is 0 Å². The summed E-state index contributed by atoms with van der Waals surface area (Å²) in [5, 5.41) is 1.08. The molecule has 0 N–H and O–H groups in total. The topological polar surface area (TPSA) is 20.3 Å². The van der Waals surface area contributed by atoms with E-state index < -0.39 is 0 Å². The van der Waals surface area contributed by atoms with Gasteiger partial charge in [0.05, 0.1) is 5.75 Å². The summed E-state index contributed by atoms with van der Waals surface area (Å²) in [6.07, 6.45) is 0. The molecule has 2 aromatic rings. The van der Waals surface area contributed by atoms with Crippen molar-refractivity contribution >= 4 is 46.6 Å². The Balaban J connectivity index is 2.03. The molecule has 0 aliphatic carbocycles. The number of carbonyl (C=O) groups excluding carboxylic acids is 1. The Hall–Kier alpha value is -1.16. The fourth-order valence-electron chi connectivity index (χ4n) is 2.51. The van der Waals surface area contributed by atoms with E-state index in [9.17, 15) is 4.79 Å². The molecule has 1 saturated heterocycles. The highest BCUT2D eigenvalue weighted by Gasteiger charge is 2.35. The molecular formula is C17H15Cl2NOS. The fraction of sp³-hybridized carbons (Fsp3) is 0.235. The number of benzene rings is 2. The SMILES string of the molecule is Cc1ccc(N2C(=O)CS[C@H]2c2ccc(Cl)cc2Cl)cc1C. The van der Waals surface area contributed by atoms with Gasteiger partial charge in [0.15, 0.2) is 0 Å². The summed E-state index contributed by atoms with van der Waals surface area (Å²) in [5.41, 5.74) is 4.21. The number of hydrogen-bond acceptors (Lipinski definition) is 2. The zero-order valence-corrected chi connectivity index (χ0v) is 14.6. The zero-order chi connectivity index (χ0) is 15.9. The van der Waals surface area contributed by atoms with E-state index in [0.717, 1.165) is 11.3 Å². The molecule has 2 nitrogen and oxygen atoms in total. The minimum Gasteiger partial charge on any atom is -0.295 e. The van der Waals surface area contributed by atoms with E-state index >= 15 is 0 Å². The lowest BCUT2D eigenvalue weighted by atomic mass is 10.1. The second-order valence-corrected chi connectivity index (χ2v) is 7.27. The predicted octanol–water partition coefficient (Wildman–Crippen LogP) is 5.39. The van der Waals surface area contributed by atoms with Crippen LogP contribution in [0, 0.1) is 13.8 Å². The highest BCUT2D eigenvalue weighted by atomic mass is 35.5. The Morgan fingerprint density at radius 2 is 1.86 bits per heavy atom. The predicted molar refractivity (Wildman–Crippen MR) is 95.1 cm³/mol. The van der Waals surface area contributed by atoms with Crippen LogP contribution in [0.4, 0.5) is 5.69 Å². The summed E-state index contributed by atoms with van der Waals surface area (Å²) in [6, 6.07) is 11.5. The lowest BCUT2D eigenvalue weighted by Crippen LogP contribution is -2.28. The molecule has 2 aromatic carbocycles. The Bertz CT molecular complexity index is 747. The first kappa shape index (κ1) is 15.7. The first-order chi connectivity index (χ1) is 10.5. The van der Waals surface area contributed by atoms with E-state index in [1.807, 2.05) is 29.2 Å². The first-order valence-electron chi connectivity index (χ1n) is 6.93. The molecule has 5 heteroatoms. The van der Waals surface area contributed by atoms with Crippen molar-refractivity contribution in [2.45, 2.75) is 19.2 Å². The lowest BCUT2D eigenvalue weighted by molar-refractivity contribution is -0.115. The normalized spacial score (nSPS) is 18.1. The second-order valence-electron chi connectivity index (χ2n) is 5.36. The van der Waals surface area contributed by atoms with E-state index in [1.54, 1.807) is 17.8 Å². The van der Waals surface area contributed by atoms with Gasteiger partial charge in [-0.2, -0.15) is 0 Å². The zero-order valence-electron chi connectivity index (χ0n) is 12.3. The molecule has 22 heavy (non-hydrogen) atoms. The average Bonchev–Trinajstić information content (AvgIpc) is 2.84. The van der Waals surface area contributed by atoms with Gasteiger partial charge in [-0.1, -0.05) is 35.3 Å². The van der Waals surface area contributed by atoms with Crippen molar-refractivity contribution in [1.29, 1.82) is 0 Å².